The van der Waals surface area contributed by atoms with Crippen molar-refractivity contribution in [3.8, 4) is 11.8 Å². The van der Waals surface area contributed by atoms with Gasteiger partial charge in [-0.05, 0) is 18.1 Å². The van der Waals surface area contributed by atoms with Crippen LogP contribution < -0.4 is 4.90 Å². The summed E-state index contributed by atoms with van der Waals surface area (Å²) in [5.41, 5.74) is 3.45. The maximum atomic E-state index is 13.5. The van der Waals surface area contributed by atoms with E-state index in [0.717, 1.165) is 31.5 Å². The van der Waals surface area contributed by atoms with Crippen LogP contribution in [0.5, 0.6) is 0 Å². The molecule has 4 heterocycles. The number of hydrogen-bond donors (Lipinski definition) is 0. The molecule has 2 amide bonds. The third-order valence-corrected chi connectivity index (χ3v) is 8.94. The van der Waals surface area contributed by atoms with Crippen molar-refractivity contribution in [3.63, 3.8) is 0 Å². The van der Waals surface area contributed by atoms with E-state index in [-0.39, 0.29) is 11.8 Å². The Balaban J connectivity index is 1.32. The molecule has 0 fully saturated rings. The number of hydrogen-bond acceptors (Lipinski definition) is 6. The lowest BCUT2D eigenvalue weighted by molar-refractivity contribution is -0.121. The minimum absolute atomic E-state index is 0.119. The topological polar surface area (TPSA) is 76.3 Å². The monoisotopic (exact) mass is 530 g/mol. The lowest BCUT2D eigenvalue weighted by Gasteiger charge is -2.27. The fraction of sp³-hybridized carbons (Fsp3) is 0.259. The van der Waals surface area contributed by atoms with Gasteiger partial charge in [0.15, 0.2) is 0 Å². The number of fused-ring (bicyclic) bond motifs is 1. The third-order valence-electron chi connectivity index (χ3n) is 6.26. The van der Waals surface area contributed by atoms with Crippen molar-refractivity contribution in [2.24, 2.45) is 7.05 Å². The van der Waals surface area contributed by atoms with E-state index in [1.54, 1.807) is 58.7 Å². The summed E-state index contributed by atoms with van der Waals surface area (Å²) in [4.78, 5) is 31.9. The Kier molecular flexibility index (Phi) is 6.91. The molecule has 8 nitrogen and oxygen atoms in total. The highest BCUT2D eigenvalue weighted by atomic mass is 32.2. The second-order valence-corrected chi connectivity index (χ2v) is 10.9. The van der Waals surface area contributed by atoms with Gasteiger partial charge in [0, 0.05) is 44.2 Å². The van der Waals surface area contributed by atoms with Crippen molar-refractivity contribution in [1.29, 1.82) is 0 Å². The molecule has 0 aliphatic carbocycles. The normalized spacial score (nSPS) is 15.1. The van der Waals surface area contributed by atoms with Crippen LogP contribution in [-0.2, 0) is 18.4 Å². The molecule has 0 radical (unpaired) electrons. The highest BCUT2D eigenvalue weighted by Crippen LogP contribution is 2.44. The zero-order valence-corrected chi connectivity index (χ0v) is 22.6. The number of carbonyl (C=O) groups is 2. The van der Waals surface area contributed by atoms with Gasteiger partial charge in [0.1, 0.15) is 11.0 Å². The molecule has 0 saturated carbocycles. The van der Waals surface area contributed by atoms with E-state index in [1.807, 2.05) is 50.5 Å². The minimum atomic E-state index is -0.594. The first-order chi connectivity index (χ1) is 17.8. The number of thioether (sulfide) groups is 1. The quantitative estimate of drug-likeness (QED) is 0.377. The molecule has 0 saturated heterocycles. The number of benzene rings is 1. The molecule has 4 aromatic rings. The predicted molar refractivity (Wildman–Crippen MR) is 146 cm³/mol. The fourth-order valence-electron chi connectivity index (χ4n) is 4.12. The Morgan fingerprint density at radius 3 is 2.65 bits per heavy atom. The summed E-state index contributed by atoms with van der Waals surface area (Å²) >= 11 is 3.10. The largest absolute Gasteiger partial charge is 0.329 e. The zero-order chi connectivity index (χ0) is 26.1. The molecule has 1 aliphatic rings. The summed E-state index contributed by atoms with van der Waals surface area (Å²) in [7, 11) is 5.31. The molecule has 10 heteroatoms. The Bertz CT molecular complexity index is 1520. The molecule has 3 aromatic heterocycles. The number of nitrogens with zero attached hydrogens (tertiary/aromatic N) is 6. The summed E-state index contributed by atoms with van der Waals surface area (Å²) in [6, 6.07) is 9.35. The van der Waals surface area contributed by atoms with Crippen molar-refractivity contribution in [2.75, 3.05) is 24.7 Å². The van der Waals surface area contributed by atoms with Crippen molar-refractivity contribution in [1.82, 2.24) is 24.5 Å². The van der Waals surface area contributed by atoms with E-state index in [1.165, 1.54) is 16.2 Å². The smallest absolute Gasteiger partial charge is 0.257 e. The highest BCUT2D eigenvalue weighted by molar-refractivity contribution is 7.99. The van der Waals surface area contributed by atoms with Gasteiger partial charge in [0.25, 0.3) is 11.8 Å². The number of thiophene rings is 1. The van der Waals surface area contributed by atoms with Crippen LogP contribution in [0.1, 0.15) is 31.9 Å². The average molecular weight is 531 g/mol. The fourth-order valence-corrected chi connectivity index (χ4v) is 6.78. The van der Waals surface area contributed by atoms with Gasteiger partial charge in [-0.15, -0.1) is 23.1 Å². The van der Waals surface area contributed by atoms with E-state index < -0.39 is 6.04 Å². The Hall–Kier alpha value is -3.81. The molecule has 0 bridgehead atoms. The lowest BCUT2D eigenvalue weighted by Crippen LogP contribution is -2.49. The van der Waals surface area contributed by atoms with Crippen molar-refractivity contribution in [2.45, 2.75) is 24.4 Å². The Labute approximate surface area is 223 Å². The standard InChI is InChI=1S/C27H26N6O2S2/c1-18-23(11-10-20-12-28-30(2)14-20)37-27-24(18)36-17-22(26(35)32(27)4)31(3)25(34)21-13-29-33(16-21)15-19-8-6-5-7-9-19/h5-9,12-14,16,22H,15,17H2,1-4H3/t22-/m0/s1. The molecule has 1 aromatic carbocycles. The average Bonchev–Trinajstić information content (AvgIpc) is 3.60. The molecule has 188 valence electrons. The number of aryl methyl sites for hydroxylation is 1. The van der Waals surface area contributed by atoms with Gasteiger partial charge in [-0.3, -0.25) is 19.0 Å². The predicted octanol–water partition coefficient (Wildman–Crippen LogP) is 3.64. The van der Waals surface area contributed by atoms with Crippen LogP contribution >= 0.6 is 23.1 Å². The molecule has 0 N–H and O–H groups in total. The molecular weight excluding hydrogens is 504 g/mol. The summed E-state index contributed by atoms with van der Waals surface area (Å²) in [6.45, 7) is 2.61. The molecule has 0 unspecified atom stereocenters. The first-order valence-electron chi connectivity index (χ1n) is 11.7. The van der Waals surface area contributed by atoms with Gasteiger partial charge in [-0.2, -0.15) is 10.2 Å². The summed E-state index contributed by atoms with van der Waals surface area (Å²) in [6.07, 6.45) is 6.90. The van der Waals surface area contributed by atoms with Gasteiger partial charge < -0.3 is 9.80 Å². The first-order valence-corrected chi connectivity index (χ1v) is 13.5. The molecule has 0 spiro atoms. The third kappa shape index (κ3) is 5.05. The molecule has 37 heavy (non-hydrogen) atoms. The lowest BCUT2D eigenvalue weighted by atomic mass is 10.2. The van der Waals surface area contributed by atoms with Crippen LogP contribution in [0.2, 0.25) is 0 Å². The summed E-state index contributed by atoms with van der Waals surface area (Å²) in [5, 5.41) is 9.37. The number of amides is 2. The SMILES string of the molecule is Cc1c(C#Cc2cnn(C)c2)sc2c1SC[C@H](N(C)C(=O)c1cnn(Cc3ccccc3)c1)C(=O)N2C. The number of likely N-dealkylation sites (N-methyl/N-ethyl adjacent to an activating group) is 2. The number of carbonyl (C=O) groups excluding carboxylic acids is 2. The van der Waals surface area contributed by atoms with E-state index in [4.69, 9.17) is 0 Å². The van der Waals surface area contributed by atoms with Gasteiger partial charge in [0.05, 0.1) is 34.9 Å². The van der Waals surface area contributed by atoms with Crippen molar-refractivity contribution in [3.05, 3.63) is 82.3 Å². The number of aromatic nitrogens is 4. The van der Waals surface area contributed by atoms with Crippen molar-refractivity contribution >= 4 is 39.9 Å². The van der Waals surface area contributed by atoms with Crippen LogP contribution in [0, 0.1) is 18.8 Å². The van der Waals surface area contributed by atoms with Crippen molar-refractivity contribution < 1.29 is 9.59 Å². The van der Waals surface area contributed by atoms with E-state index >= 15 is 0 Å². The van der Waals surface area contributed by atoms with E-state index in [0.29, 0.717) is 17.9 Å². The van der Waals surface area contributed by atoms with Gasteiger partial charge >= 0.3 is 0 Å². The minimum Gasteiger partial charge on any atom is -0.329 e. The van der Waals surface area contributed by atoms with Crippen LogP contribution in [0.25, 0.3) is 0 Å². The Morgan fingerprint density at radius 2 is 1.92 bits per heavy atom. The Morgan fingerprint density at radius 1 is 1.14 bits per heavy atom. The van der Waals surface area contributed by atoms with Gasteiger partial charge in [-0.1, -0.05) is 42.2 Å². The first kappa shape index (κ1) is 24.9. The molecule has 1 atom stereocenters. The second-order valence-electron chi connectivity index (χ2n) is 8.90. The summed E-state index contributed by atoms with van der Waals surface area (Å²) < 4.78 is 3.45. The summed E-state index contributed by atoms with van der Waals surface area (Å²) in [5.74, 6) is 6.51. The number of anilines is 1. The van der Waals surface area contributed by atoms with Crippen LogP contribution in [0.4, 0.5) is 5.00 Å². The van der Waals surface area contributed by atoms with Crippen LogP contribution in [0.3, 0.4) is 0 Å². The molecule has 1 aliphatic heterocycles. The van der Waals surface area contributed by atoms with E-state index in [9.17, 15) is 9.59 Å². The number of rotatable bonds is 4. The second kappa shape index (κ2) is 10.3. The van der Waals surface area contributed by atoms with Gasteiger partial charge in [0.2, 0.25) is 0 Å². The highest BCUT2D eigenvalue weighted by Gasteiger charge is 2.36. The van der Waals surface area contributed by atoms with E-state index in [2.05, 4.69) is 22.0 Å². The molecular formula is C27H26N6O2S2. The maximum Gasteiger partial charge on any atom is 0.257 e. The maximum absolute atomic E-state index is 13.5. The zero-order valence-electron chi connectivity index (χ0n) is 21.0. The van der Waals surface area contributed by atoms with Gasteiger partial charge in [-0.25, -0.2) is 0 Å². The van der Waals surface area contributed by atoms with Crippen LogP contribution in [0.15, 0.2) is 60.0 Å². The molecule has 5 rings (SSSR count). The van der Waals surface area contributed by atoms with Crippen LogP contribution in [-0.4, -0.2) is 62.2 Å².